The van der Waals surface area contributed by atoms with Crippen LogP contribution in [0.2, 0.25) is 0 Å². The lowest BCUT2D eigenvalue weighted by Crippen LogP contribution is -1.99. The molecule has 122 valence electrons. The normalized spacial score (nSPS) is 9.75. The van der Waals surface area contributed by atoms with E-state index in [-0.39, 0.29) is 0 Å². The third-order valence-electron chi connectivity index (χ3n) is 3.44. The van der Waals surface area contributed by atoms with Crippen LogP contribution in [-0.2, 0) is 6.42 Å². The van der Waals surface area contributed by atoms with E-state index >= 15 is 0 Å². The van der Waals surface area contributed by atoms with Gasteiger partial charge in [0.1, 0.15) is 5.82 Å². The maximum absolute atomic E-state index is 8.97. The number of nitrogens with two attached hydrogens (primary N) is 1. The number of hydrogen-bond donors (Lipinski definition) is 2. The molecule has 0 atom stereocenters. The SMILES string of the molecule is CC.CCc1cc(N)c2cccc(Nc3cc(C#N)ccn3)c2n1. The van der Waals surface area contributed by atoms with Crippen LogP contribution in [0.5, 0.6) is 0 Å². The number of aryl methyl sites for hydroxylation is 1. The van der Waals surface area contributed by atoms with Gasteiger partial charge in [0.15, 0.2) is 0 Å². The monoisotopic (exact) mass is 319 g/mol. The highest BCUT2D eigenvalue weighted by atomic mass is 15.0. The fourth-order valence-electron chi connectivity index (χ4n) is 2.32. The van der Waals surface area contributed by atoms with Crippen molar-refractivity contribution in [3.05, 3.63) is 53.9 Å². The van der Waals surface area contributed by atoms with E-state index in [1.807, 2.05) is 45.0 Å². The van der Waals surface area contributed by atoms with Crippen molar-refractivity contribution in [3.63, 3.8) is 0 Å². The Bertz CT molecular complexity index is 881. The molecule has 2 aromatic heterocycles. The van der Waals surface area contributed by atoms with Crippen molar-refractivity contribution in [2.75, 3.05) is 11.1 Å². The summed E-state index contributed by atoms with van der Waals surface area (Å²) in [6, 6.07) is 13.2. The summed E-state index contributed by atoms with van der Waals surface area (Å²) < 4.78 is 0. The zero-order chi connectivity index (χ0) is 17.5. The van der Waals surface area contributed by atoms with Crippen LogP contribution in [0.3, 0.4) is 0 Å². The molecule has 0 spiro atoms. The van der Waals surface area contributed by atoms with Crippen molar-refractivity contribution < 1.29 is 0 Å². The summed E-state index contributed by atoms with van der Waals surface area (Å²) in [6.45, 7) is 6.04. The number of nitriles is 1. The van der Waals surface area contributed by atoms with Gasteiger partial charge in [0.2, 0.25) is 0 Å². The quantitative estimate of drug-likeness (QED) is 0.746. The second-order valence-corrected chi connectivity index (χ2v) is 4.92. The first-order chi connectivity index (χ1) is 11.7. The number of rotatable bonds is 3. The number of nitrogens with zero attached hydrogens (tertiary/aromatic N) is 3. The molecule has 0 amide bonds. The van der Waals surface area contributed by atoms with Crippen molar-refractivity contribution in [2.45, 2.75) is 27.2 Å². The largest absolute Gasteiger partial charge is 0.398 e. The molecular formula is C19H21N5. The molecule has 0 unspecified atom stereocenters. The fourth-order valence-corrected chi connectivity index (χ4v) is 2.32. The standard InChI is InChI=1S/C17H15N5.C2H6/c1-2-12-9-14(19)13-4-3-5-15(17(13)21-12)22-16-8-11(10-18)6-7-20-16;1-2/h3-9H,2H2,1H3,(H2,19,21)(H,20,22);1-2H3. The lowest BCUT2D eigenvalue weighted by molar-refractivity contribution is 1.06. The van der Waals surface area contributed by atoms with Gasteiger partial charge in [0, 0.05) is 23.0 Å². The number of para-hydroxylation sites is 1. The van der Waals surface area contributed by atoms with Crippen LogP contribution >= 0.6 is 0 Å². The van der Waals surface area contributed by atoms with Crippen LogP contribution in [0.1, 0.15) is 32.0 Å². The fraction of sp³-hybridized carbons (Fsp3) is 0.211. The molecule has 3 N–H and O–H groups in total. The first kappa shape index (κ1) is 17.2. The molecule has 0 aliphatic heterocycles. The molecule has 2 heterocycles. The number of aromatic nitrogens is 2. The molecule has 1 aromatic carbocycles. The lowest BCUT2D eigenvalue weighted by atomic mass is 10.1. The number of anilines is 3. The Morgan fingerprint density at radius 1 is 1.21 bits per heavy atom. The van der Waals surface area contributed by atoms with E-state index in [9.17, 15) is 0 Å². The second kappa shape index (κ2) is 7.93. The third kappa shape index (κ3) is 3.61. The predicted molar refractivity (Wildman–Crippen MR) is 99.1 cm³/mol. The van der Waals surface area contributed by atoms with Gasteiger partial charge in [-0.1, -0.05) is 32.9 Å². The molecule has 0 saturated carbocycles. The highest BCUT2D eigenvalue weighted by molar-refractivity contribution is 5.98. The molecule has 0 aliphatic rings. The maximum Gasteiger partial charge on any atom is 0.131 e. The van der Waals surface area contributed by atoms with E-state index in [0.29, 0.717) is 17.1 Å². The van der Waals surface area contributed by atoms with Gasteiger partial charge in [-0.3, -0.25) is 4.98 Å². The molecule has 24 heavy (non-hydrogen) atoms. The number of fused-ring (bicyclic) bond motifs is 1. The van der Waals surface area contributed by atoms with Crippen LogP contribution < -0.4 is 11.1 Å². The van der Waals surface area contributed by atoms with E-state index in [0.717, 1.165) is 28.7 Å². The number of benzene rings is 1. The Balaban J connectivity index is 0.00000100. The van der Waals surface area contributed by atoms with Crippen molar-refractivity contribution in [1.29, 1.82) is 5.26 Å². The van der Waals surface area contributed by atoms with E-state index in [1.165, 1.54) is 0 Å². The van der Waals surface area contributed by atoms with Crippen molar-refractivity contribution in [2.24, 2.45) is 0 Å². The summed E-state index contributed by atoms with van der Waals surface area (Å²) in [6.07, 6.45) is 2.42. The highest BCUT2D eigenvalue weighted by Crippen LogP contribution is 2.28. The average Bonchev–Trinajstić information content (AvgIpc) is 2.64. The number of hydrogen-bond acceptors (Lipinski definition) is 5. The van der Waals surface area contributed by atoms with E-state index in [2.05, 4.69) is 21.4 Å². The summed E-state index contributed by atoms with van der Waals surface area (Å²) in [7, 11) is 0. The van der Waals surface area contributed by atoms with E-state index in [1.54, 1.807) is 18.3 Å². The zero-order valence-corrected chi connectivity index (χ0v) is 14.2. The Kier molecular flexibility index (Phi) is 5.69. The summed E-state index contributed by atoms with van der Waals surface area (Å²) >= 11 is 0. The molecular weight excluding hydrogens is 298 g/mol. The number of nitrogen functional groups attached to an aromatic ring is 1. The maximum atomic E-state index is 8.97. The minimum atomic E-state index is 0.555. The molecule has 0 aliphatic carbocycles. The molecule has 0 saturated heterocycles. The summed E-state index contributed by atoms with van der Waals surface area (Å²) in [4.78, 5) is 8.89. The van der Waals surface area contributed by atoms with Crippen molar-refractivity contribution in [3.8, 4) is 6.07 Å². The number of pyridine rings is 2. The van der Waals surface area contributed by atoms with Gasteiger partial charge in [-0.25, -0.2) is 4.98 Å². The minimum Gasteiger partial charge on any atom is -0.398 e. The van der Waals surface area contributed by atoms with Crippen LogP contribution in [-0.4, -0.2) is 9.97 Å². The molecule has 3 aromatic rings. The molecule has 0 fully saturated rings. The first-order valence-electron chi connectivity index (χ1n) is 8.02. The third-order valence-corrected chi connectivity index (χ3v) is 3.44. The zero-order valence-electron chi connectivity index (χ0n) is 14.2. The smallest absolute Gasteiger partial charge is 0.131 e. The Morgan fingerprint density at radius 2 is 2.00 bits per heavy atom. The van der Waals surface area contributed by atoms with E-state index in [4.69, 9.17) is 11.0 Å². The highest BCUT2D eigenvalue weighted by Gasteiger charge is 2.08. The van der Waals surface area contributed by atoms with Gasteiger partial charge in [-0.15, -0.1) is 0 Å². The van der Waals surface area contributed by atoms with Gasteiger partial charge in [0.05, 0.1) is 22.8 Å². The molecule has 5 heteroatoms. The Morgan fingerprint density at radius 3 is 2.71 bits per heavy atom. The number of nitrogens with one attached hydrogen (secondary N) is 1. The summed E-state index contributed by atoms with van der Waals surface area (Å²) in [5, 5.41) is 13.1. The predicted octanol–water partition coefficient (Wildman–Crippen LogP) is 4.42. The van der Waals surface area contributed by atoms with Crippen LogP contribution in [0.25, 0.3) is 10.9 Å². The van der Waals surface area contributed by atoms with Gasteiger partial charge < -0.3 is 11.1 Å². The van der Waals surface area contributed by atoms with Crippen LogP contribution in [0.4, 0.5) is 17.2 Å². The molecule has 0 bridgehead atoms. The second-order valence-electron chi connectivity index (χ2n) is 4.92. The van der Waals surface area contributed by atoms with Crippen molar-refractivity contribution >= 4 is 28.1 Å². The van der Waals surface area contributed by atoms with Gasteiger partial charge >= 0.3 is 0 Å². The van der Waals surface area contributed by atoms with Gasteiger partial charge in [0.25, 0.3) is 0 Å². The van der Waals surface area contributed by atoms with E-state index < -0.39 is 0 Å². The Labute approximate surface area is 142 Å². The molecule has 0 radical (unpaired) electrons. The first-order valence-corrected chi connectivity index (χ1v) is 8.02. The lowest BCUT2D eigenvalue weighted by Gasteiger charge is -2.11. The molecule has 3 rings (SSSR count). The van der Waals surface area contributed by atoms with Crippen LogP contribution in [0.15, 0.2) is 42.6 Å². The molecule has 5 nitrogen and oxygen atoms in total. The minimum absolute atomic E-state index is 0.555. The summed E-state index contributed by atoms with van der Waals surface area (Å²) in [5.74, 6) is 0.605. The van der Waals surface area contributed by atoms with Crippen molar-refractivity contribution in [1.82, 2.24) is 9.97 Å². The summed E-state index contributed by atoms with van der Waals surface area (Å²) in [5.41, 5.74) is 9.95. The van der Waals surface area contributed by atoms with Gasteiger partial charge in [-0.2, -0.15) is 5.26 Å². The Hall–Kier alpha value is -3.13. The van der Waals surface area contributed by atoms with Gasteiger partial charge in [-0.05, 0) is 30.7 Å². The van der Waals surface area contributed by atoms with Crippen LogP contribution in [0, 0.1) is 11.3 Å². The average molecular weight is 319 g/mol. The topological polar surface area (TPSA) is 87.6 Å².